The van der Waals surface area contributed by atoms with Crippen molar-refractivity contribution in [2.24, 2.45) is 5.73 Å². The normalized spacial score (nSPS) is 9.79. The number of nitrogen functional groups attached to an aromatic ring is 1. The molecule has 14 heavy (non-hydrogen) atoms. The minimum absolute atomic E-state index is 0.107. The Morgan fingerprint density at radius 3 is 3.00 bits per heavy atom. The summed E-state index contributed by atoms with van der Waals surface area (Å²) < 4.78 is 9.93. The molecule has 0 atom stereocenters. The van der Waals surface area contributed by atoms with E-state index >= 15 is 0 Å². The molecule has 1 heterocycles. The number of nitrogens with two attached hydrogens (primary N) is 1. The maximum absolute atomic E-state index is 7.15. The number of methoxy groups -OCH3 is 1. The molecular formula is C8H12N4O2. The fourth-order valence-corrected chi connectivity index (χ4v) is 0.777. The van der Waals surface area contributed by atoms with Crippen LogP contribution in [0, 0.1) is 5.41 Å². The van der Waals surface area contributed by atoms with Crippen LogP contribution < -0.4 is 10.5 Å². The van der Waals surface area contributed by atoms with Crippen LogP contribution >= 0.6 is 0 Å². The van der Waals surface area contributed by atoms with Crippen LogP contribution in [0.2, 0.25) is 0 Å². The lowest BCUT2D eigenvalue weighted by atomic mass is 10.4. The van der Waals surface area contributed by atoms with Gasteiger partial charge in [-0.1, -0.05) is 0 Å². The van der Waals surface area contributed by atoms with E-state index in [1.54, 1.807) is 13.2 Å². The van der Waals surface area contributed by atoms with Gasteiger partial charge in [-0.25, -0.2) is 4.98 Å². The molecule has 0 bridgehead atoms. The van der Waals surface area contributed by atoms with Crippen LogP contribution in [0.15, 0.2) is 12.3 Å². The Balaban J connectivity index is 2.59. The summed E-state index contributed by atoms with van der Waals surface area (Å²) in [5.74, 6) is -0.107. The van der Waals surface area contributed by atoms with Crippen molar-refractivity contribution in [1.29, 1.82) is 5.41 Å². The van der Waals surface area contributed by atoms with Gasteiger partial charge in [0.1, 0.15) is 18.1 Å². The number of amidine groups is 1. The topological polar surface area (TPSA) is 94.1 Å². The molecule has 0 aliphatic rings. The van der Waals surface area contributed by atoms with Crippen molar-refractivity contribution >= 4 is 5.84 Å². The zero-order valence-electron chi connectivity index (χ0n) is 7.86. The zero-order chi connectivity index (χ0) is 10.4. The number of nitrogens with one attached hydrogen (secondary N) is 1. The van der Waals surface area contributed by atoms with E-state index in [1.807, 2.05) is 0 Å². The molecule has 0 saturated heterocycles. The highest BCUT2D eigenvalue weighted by molar-refractivity contribution is 5.92. The first kappa shape index (κ1) is 10.4. The van der Waals surface area contributed by atoms with E-state index in [2.05, 4.69) is 9.97 Å². The van der Waals surface area contributed by atoms with Gasteiger partial charge in [0.25, 0.3) is 0 Å². The molecular weight excluding hydrogens is 184 g/mol. The van der Waals surface area contributed by atoms with Gasteiger partial charge < -0.3 is 15.2 Å². The zero-order valence-corrected chi connectivity index (χ0v) is 7.86. The van der Waals surface area contributed by atoms with Gasteiger partial charge >= 0.3 is 6.01 Å². The second-order valence-corrected chi connectivity index (χ2v) is 2.48. The van der Waals surface area contributed by atoms with Crippen molar-refractivity contribution in [3.05, 3.63) is 18.0 Å². The van der Waals surface area contributed by atoms with Crippen LogP contribution in [0.4, 0.5) is 0 Å². The minimum atomic E-state index is -0.107. The van der Waals surface area contributed by atoms with E-state index in [0.29, 0.717) is 18.9 Å². The van der Waals surface area contributed by atoms with Crippen molar-refractivity contribution in [2.75, 3.05) is 20.3 Å². The molecule has 76 valence electrons. The molecule has 3 N–H and O–H groups in total. The lowest BCUT2D eigenvalue weighted by Crippen LogP contribution is -2.14. The summed E-state index contributed by atoms with van der Waals surface area (Å²) in [5, 5.41) is 7.15. The molecule has 1 aromatic heterocycles. The molecule has 6 nitrogen and oxygen atoms in total. The monoisotopic (exact) mass is 196 g/mol. The third-order valence-electron chi connectivity index (χ3n) is 1.43. The Hall–Kier alpha value is -1.69. The molecule has 1 aromatic rings. The van der Waals surface area contributed by atoms with Crippen LogP contribution in [0.3, 0.4) is 0 Å². The van der Waals surface area contributed by atoms with Crippen LogP contribution in [0.25, 0.3) is 0 Å². The average Bonchev–Trinajstić information content (AvgIpc) is 2.19. The standard InChI is InChI=1S/C8H12N4O2/c1-13-4-5-14-8-11-3-2-6(12-8)7(9)10/h2-3H,4-5H2,1H3,(H3,9,10). The molecule has 0 aliphatic heterocycles. The van der Waals surface area contributed by atoms with Gasteiger partial charge in [0.2, 0.25) is 0 Å². The maximum atomic E-state index is 7.15. The van der Waals surface area contributed by atoms with Gasteiger partial charge in [-0.15, -0.1) is 0 Å². The second kappa shape index (κ2) is 5.13. The van der Waals surface area contributed by atoms with Gasteiger partial charge in [0, 0.05) is 13.3 Å². The van der Waals surface area contributed by atoms with Gasteiger partial charge in [-0.3, -0.25) is 5.41 Å². The number of hydrogen-bond donors (Lipinski definition) is 2. The Morgan fingerprint density at radius 1 is 1.57 bits per heavy atom. The Bertz CT molecular complexity index is 316. The molecule has 0 unspecified atom stereocenters. The van der Waals surface area contributed by atoms with Gasteiger partial charge in [-0.2, -0.15) is 4.98 Å². The number of ether oxygens (including phenoxy) is 2. The van der Waals surface area contributed by atoms with Crippen molar-refractivity contribution in [3.63, 3.8) is 0 Å². The Kier molecular flexibility index (Phi) is 3.81. The molecule has 6 heteroatoms. The molecule has 0 radical (unpaired) electrons. The lowest BCUT2D eigenvalue weighted by molar-refractivity contribution is 0.140. The molecule has 0 saturated carbocycles. The Labute approximate surface area is 81.6 Å². The van der Waals surface area contributed by atoms with Crippen molar-refractivity contribution < 1.29 is 9.47 Å². The second-order valence-electron chi connectivity index (χ2n) is 2.48. The van der Waals surface area contributed by atoms with Crippen molar-refractivity contribution in [3.8, 4) is 6.01 Å². The minimum Gasteiger partial charge on any atom is -0.461 e. The van der Waals surface area contributed by atoms with Gasteiger partial charge in [0.15, 0.2) is 0 Å². The van der Waals surface area contributed by atoms with Crippen LogP contribution in [-0.2, 0) is 4.74 Å². The number of nitrogens with zero attached hydrogens (tertiary/aromatic N) is 2. The van der Waals surface area contributed by atoms with Crippen LogP contribution in [-0.4, -0.2) is 36.1 Å². The van der Waals surface area contributed by atoms with Gasteiger partial charge in [0.05, 0.1) is 6.61 Å². The quantitative estimate of drug-likeness (QED) is 0.386. The lowest BCUT2D eigenvalue weighted by Gasteiger charge is -2.03. The first-order chi connectivity index (χ1) is 6.74. The predicted octanol–water partition coefficient (Wildman–Crippen LogP) is -0.214. The first-order valence-corrected chi connectivity index (χ1v) is 4.03. The van der Waals surface area contributed by atoms with E-state index in [0.717, 1.165) is 0 Å². The number of hydrogen-bond acceptors (Lipinski definition) is 5. The molecule has 1 rings (SSSR count). The smallest absolute Gasteiger partial charge is 0.317 e. The van der Waals surface area contributed by atoms with Crippen molar-refractivity contribution in [2.45, 2.75) is 0 Å². The molecule has 0 aliphatic carbocycles. The first-order valence-electron chi connectivity index (χ1n) is 4.03. The summed E-state index contributed by atoms with van der Waals surface area (Å²) in [4.78, 5) is 7.76. The fraction of sp³-hybridized carbons (Fsp3) is 0.375. The van der Waals surface area contributed by atoms with E-state index in [9.17, 15) is 0 Å². The van der Waals surface area contributed by atoms with Crippen LogP contribution in [0.5, 0.6) is 6.01 Å². The third-order valence-corrected chi connectivity index (χ3v) is 1.43. The number of rotatable bonds is 5. The predicted molar refractivity (Wildman–Crippen MR) is 50.4 cm³/mol. The highest BCUT2D eigenvalue weighted by atomic mass is 16.5. The van der Waals surface area contributed by atoms with E-state index < -0.39 is 0 Å². The molecule has 0 spiro atoms. The summed E-state index contributed by atoms with van der Waals surface area (Å²) in [6.45, 7) is 0.839. The highest BCUT2D eigenvalue weighted by Gasteiger charge is 2.01. The fourth-order valence-electron chi connectivity index (χ4n) is 0.777. The summed E-state index contributed by atoms with van der Waals surface area (Å²) in [6.07, 6.45) is 1.49. The third kappa shape index (κ3) is 2.98. The SMILES string of the molecule is COCCOc1nccc(C(=N)N)n1. The maximum Gasteiger partial charge on any atom is 0.317 e. The summed E-state index contributed by atoms with van der Waals surface area (Å²) >= 11 is 0. The summed E-state index contributed by atoms with van der Waals surface area (Å²) in [5.41, 5.74) is 5.60. The molecule has 0 fully saturated rings. The molecule has 0 aromatic carbocycles. The van der Waals surface area contributed by atoms with Gasteiger partial charge in [-0.05, 0) is 6.07 Å². The van der Waals surface area contributed by atoms with Crippen molar-refractivity contribution in [1.82, 2.24) is 9.97 Å². The molecule has 0 amide bonds. The highest BCUT2D eigenvalue weighted by Crippen LogP contribution is 2.01. The number of aromatic nitrogens is 2. The van der Waals surface area contributed by atoms with E-state index in [1.165, 1.54) is 6.20 Å². The summed E-state index contributed by atoms with van der Waals surface area (Å²) in [7, 11) is 1.58. The van der Waals surface area contributed by atoms with Crippen LogP contribution in [0.1, 0.15) is 5.69 Å². The van der Waals surface area contributed by atoms with E-state index in [-0.39, 0.29) is 11.8 Å². The Morgan fingerprint density at radius 2 is 2.36 bits per heavy atom. The largest absolute Gasteiger partial charge is 0.461 e. The average molecular weight is 196 g/mol. The van der Waals surface area contributed by atoms with E-state index in [4.69, 9.17) is 20.6 Å². The summed E-state index contributed by atoms with van der Waals surface area (Å²) in [6, 6.07) is 1.75.